The Morgan fingerprint density at radius 3 is 2.54 bits per heavy atom. The molecule has 28 heavy (non-hydrogen) atoms. The van der Waals surface area contributed by atoms with Crippen molar-refractivity contribution in [1.29, 1.82) is 0 Å². The average molecular weight is 429 g/mol. The highest BCUT2D eigenvalue weighted by molar-refractivity contribution is 8.01. The maximum atomic E-state index is 10.3. The van der Waals surface area contributed by atoms with Crippen molar-refractivity contribution in [2.24, 2.45) is 21.8 Å². The fraction of sp³-hybridized carbons (Fsp3) is 0.900. The largest absolute Gasteiger partial charge is 0.390 e. The van der Waals surface area contributed by atoms with Gasteiger partial charge in [-0.05, 0) is 63.2 Å². The molecule has 0 aromatic carbocycles. The lowest BCUT2D eigenvalue weighted by atomic mass is 9.83. The lowest BCUT2D eigenvalue weighted by Crippen LogP contribution is -2.49. The Bertz CT molecular complexity index is 624. The molecular formula is C20H33ClN4O2S. The minimum absolute atomic E-state index is 0.215. The molecule has 0 saturated carbocycles. The predicted molar refractivity (Wildman–Crippen MR) is 117 cm³/mol. The van der Waals surface area contributed by atoms with Gasteiger partial charge in [-0.1, -0.05) is 6.92 Å². The van der Waals surface area contributed by atoms with E-state index in [0.717, 1.165) is 64.6 Å². The Kier molecular flexibility index (Phi) is 6.29. The SMILES string of the molecule is CC1C(CN2CCC(C(C)(C)O)CC2)SC2C(N3CCOCC3)=NC(Cl)=NC21. The van der Waals surface area contributed by atoms with Crippen LogP contribution in [-0.4, -0.2) is 94.1 Å². The fourth-order valence-corrected chi connectivity index (χ4v) is 7.00. The quantitative estimate of drug-likeness (QED) is 0.699. The third-order valence-corrected chi connectivity index (χ3v) is 8.73. The molecule has 4 unspecified atom stereocenters. The number of nitrogens with zero attached hydrogens (tertiary/aromatic N) is 4. The van der Waals surface area contributed by atoms with Gasteiger partial charge in [-0.25, -0.2) is 4.99 Å². The number of fused-ring (bicyclic) bond motifs is 1. The minimum Gasteiger partial charge on any atom is -0.390 e. The lowest BCUT2D eigenvalue weighted by Gasteiger charge is -2.39. The first-order valence-corrected chi connectivity index (χ1v) is 11.9. The topological polar surface area (TPSA) is 60.7 Å². The van der Waals surface area contributed by atoms with Crippen LogP contribution >= 0.6 is 23.4 Å². The summed E-state index contributed by atoms with van der Waals surface area (Å²) in [4.78, 5) is 14.3. The monoisotopic (exact) mass is 428 g/mol. The van der Waals surface area contributed by atoms with Gasteiger partial charge in [-0.3, -0.25) is 4.99 Å². The highest BCUT2D eigenvalue weighted by Crippen LogP contribution is 2.44. The number of morpholine rings is 1. The predicted octanol–water partition coefficient (Wildman–Crippen LogP) is 2.30. The number of likely N-dealkylation sites (tertiary alicyclic amines) is 1. The van der Waals surface area contributed by atoms with E-state index in [-0.39, 0.29) is 6.04 Å². The number of ether oxygens (including phenoxy) is 1. The molecule has 3 fully saturated rings. The molecule has 0 aromatic rings. The Morgan fingerprint density at radius 1 is 1.21 bits per heavy atom. The standard InChI is InChI=1S/C20H33ClN4O2S/c1-13-15(12-24-6-4-14(5-7-24)20(2,3)26)28-17-16(13)22-19(21)23-18(17)25-8-10-27-11-9-25/h13-17,26H,4-12H2,1-3H3. The van der Waals surface area contributed by atoms with Crippen LogP contribution in [0.4, 0.5) is 0 Å². The van der Waals surface area contributed by atoms with E-state index < -0.39 is 5.60 Å². The lowest BCUT2D eigenvalue weighted by molar-refractivity contribution is -0.0127. The molecule has 4 rings (SSSR count). The summed E-state index contributed by atoms with van der Waals surface area (Å²) in [6.07, 6.45) is 2.15. The fourth-order valence-electron chi connectivity index (χ4n) is 4.93. The Hall–Kier alpha value is -0.340. The van der Waals surface area contributed by atoms with Crippen LogP contribution in [0.15, 0.2) is 9.98 Å². The Labute approximate surface area is 177 Å². The van der Waals surface area contributed by atoms with E-state index in [9.17, 15) is 5.11 Å². The van der Waals surface area contributed by atoms with Crippen molar-refractivity contribution >= 4 is 34.5 Å². The van der Waals surface area contributed by atoms with E-state index in [0.29, 0.717) is 27.6 Å². The third-order valence-electron chi connectivity index (χ3n) is 6.83. The number of halogens is 1. The van der Waals surface area contributed by atoms with Gasteiger partial charge in [0, 0.05) is 24.9 Å². The summed E-state index contributed by atoms with van der Waals surface area (Å²) >= 11 is 8.36. The summed E-state index contributed by atoms with van der Waals surface area (Å²) in [7, 11) is 0. The molecule has 8 heteroatoms. The number of aliphatic hydroxyl groups is 1. The van der Waals surface area contributed by atoms with Crippen molar-refractivity contribution in [2.45, 2.75) is 55.8 Å². The number of hydrogen-bond donors (Lipinski definition) is 1. The average Bonchev–Trinajstić information content (AvgIpc) is 2.97. The molecular weight excluding hydrogens is 396 g/mol. The molecule has 4 aliphatic rings. The Balaban J connectivity index is 1.40. The zero-order chi connectivity index (χ0) is 19.9. The van der Waals surface area contributed by atoms with Gasteiger partial charge in [0.25, 0.3) is 0 Å². The number of thioether (sulfide) groups is 1. The summed E-state index contributed by atoms with van der Waals surface area (Å²) in [5.74, 6) is 1.99. The van der Waals surface area contributed by atoms with Crippen LogP contribution in [-0.2, 0) is 4.74 Å². The molecule has 1 N–H and O–H groups in total. The normalized spacial score (nSPS) is 35.5. The van der Waals surface area contributed by atoms with Crippen LogP contribution in [0.3, 0.4) is 0 Å². The molecule has 4 heterocycles. The van der Waals surface area contributed by atoms with E-state index in [2.05, 4.69) is 21.7 Å². The van der Waals surface area contributed by atoms with E-state index in [4.69, 9.17) is 21.3 Å². The summed E-state index contributed by atoms with van der Waals surface area (Å²) in [5, 5.41) is 11.5. The van der Waals surface area contributed by atoms with Crippen LogP contribution < -0.4 is 0 Å². The number of amidine groups is 2. The van der Waals surface area contributed by atoms with Crippen LogP contribution in [0.2, 0.25) is 0 Å². The highest BCUT2D eigenvalue weighted by Gasteiger charge is 2.47. The highest BCUT2D eigenvalue weighted by atomic mass is 35.5. The van der Waals surface area contributed by atoms with Gasteiger partial charge in [0.2, 0.25) is 5.29 Å². The molecule has 4 aliphatic heterocycles. The second-order valence-electron chi connectivity index (χ2n) is 9.14. The minimum atomic E-state index is -0.564. The zero-order valence-corrected chi connectivity index (χ0v) is 18.8. The summed E-state index contributed by atoms with van der Waals surface area (Å²) in [6, 6.07) is 0.215. The van der Waals surface area contributed by atoms with E-state index >= 15 is 0 Å². The molecule has 0 aromatic heterocycles. The van der Waals surface area contributed by atoms with Crippen molar-refractivity contribution in [3.8, 4) is 0 Å². The molecule has 3 saturated heterocycles. The molecule has 0 aliphatic carbocycles. The number of rotatable bonds is 3. The molecule has 0 amide bonds. The zero-order valence-electron chi connectivity index (χ0n) is 17.2. The van der Waals surface area contributed by atoms with Gasteiger partial charge < -0.3 is 19.6 Å². The summed E-state index contributed by atoms with van der Waals surface area (Å²) in [6.45, 7) is 12.7. The number of aliphatic imine (C=N–C) groups is 2. The first-order valence-electron chi connectivity index (χ1n) is 10.6. The maximum Gasteiger partial charge on any atom is 0.219 e. The number of piperidine rings is 1. The van der Waals surface area contributed by atoms with Crippen LogP contribution in [0.25, 0.3) is 0 Å². The van der Waals surface area contributed by atoms with Crippen LogP contribution in [0.1, 0.15) is 33.6 Å². The summed E-state index contributed by atoms with van der Waals surface area (Å²) in [5.41, 5.74) is -0.564. The Morgan fingerprint density at radius 2 is 1.89 bits per heavy atom. The number of hydrogen-bond acceptors (Lipinski definition) is 7. The molecule has 0 radical (unpaired) electrons. The molecule has 4 atom stereocenters. The van der Waals surface area contributed by atoms with Crippen molar-refractivity contribution < 1.29 is 9.84 Å². The molecule has 158 valence electrons. The molecule has 0 spiro atoms. The van der Waals surface area contributed by atoms with Crippen molar-refractivity contribution in [2.75, 3.05) is 45.9 Å². The van der Waals surface area contributed by atoms with Crippen molar-refractivity contribution in [1.82, 2.24) is 9.80 Å². The van der Waals surface area contributed by atoms with Crippen molar-refractivity contribution in [3.05, 3.63) is 0 Å². The van der Waals surface area contributed by atoms with E-state index in [1.807, 2.05) is 25.6 Å². The van der Waals surface area contributed by atoms with E-state index in [1.165, 1.54) is 0 Å². The van der Waals surface area contributed by atoms with E-state index in [1.54, 1.807) is 0 Å². The smallest absolute Gasteiger partial charge is 0.219 e. The summed E-state index contributed by atoms with van der Waals surface area (Å²) < 4.78 is 5.51. The van der Waals surface area contributed by atoms with Gasteiger partial charge in [-0.2, -0.15) is 0 Å². The van der Waals surface area contributed by atoms with Crippen LogP contribution in [0.5, 0.6) is 0 Å². The van der Waals surface area contributed by atoms with Gasteiger partial charge in [0.1, 0.15) is 5.84 Å². The molecule has 0 bridgehead atoms. The first kappa shape index (κ1) is 20.9. The molecule has 6 nitrogen and oxygen atoms in total. The van der Waals surface area contributed by atoms with Gasteiger partial charge in [0.05, 0.1) is 30.1 Å². The first-order chi connectivity index (χ1) is 13.3. The maximum absolute atomic E-state index is 10.3. The van der Waals surface area contributed by atoms with Gasteiger partial charge in [-0.15, -0.1) is 11.8 Å². The van der Waals surface area contributed by atoms with Crippen LogP contribution in [0, 0.1) is 11.8 Å². The second-order valence-corrected chi connectivity index (χ2v) is 10.9. The second kappa shape index (κ2) is 8.42. The van der Waals surface area contributed by atoms with Crippen molar-refractivity contribution in [3.63, 3.8) is 0 Å². The van der Waals surface area contributed by atoms with Gasteiger partial charge >= 0.3 is 0 Å². The third kappa shape index (κ3) is 4.38. The van der Waals surface area contributed by atoms with Gasteiger partial charge in [0.15, 0.2) is 0 Å².